The molecule has 0 bridgehead atoms. The maximum absolute atomic E-state index is 12.3. The molecule has 3 N–H and O–H groups in total. The van der Waals surface area contributed by atoms with E-state index in [0.29, 0.717) is 10.7 Å². The summed E-state index contributed by atoms with van der Waals surface area (Å²) >= 11 is 6.35. The van der Waals surface area contributed by atoms with E-state index < -0.39 is 5.91 Å². The fraction of sp³-hybridized carbons (Fsp3) is 0. The Morgan fingerprint density at radius 2 is 1.81 bits per heavy atom. The molecule has 0 saturated heterocycles. The number of fused-ring (bicyclic) bond motifs is 1. The van der Waals surface area contributed by atoms with Crippen molar-refractivity contribution in [2.45, 2.75) is 0 Å². The lowest BCUT2D eigenvalue weighted by Gasteiger charge is -2.07. The minimum atomic E-state index is -0.517. The van der Waals surface area contributed by atoms with Gasteiger partial charge in [-0.05, 0) is 42.5 Å². The molecule has 3 aromatic rings. The molecule has 1 aliphatic heterocycles. The van der Waals surface area contributed by atoms with Crippen LogP contribution in [0.5, 0.6) is 11.6 Å². The zero-order valence-electron chi connectivity index (χ0n) is 13.7. The zero-order chi connectivity index (χ0) is 19.0. The summed E-state index contributed by atoms with van der Waals surface area (Å²) in [5, 5.41) is 21.5. The summed E-state index contributed by atoms with van der Waals surface area (Å²) in [6.07, 6.45) is 1.60. The van der Waals surface area contributed by atoms with E-state index in [1.807, 2.05) is 24.3 Å². The molecule has 9 heteroatoms. The van der Waals surface area contributed by atoms with Crippen LogP contribution in [0.2, 0.25) is 0 Å². The van der Waals surface area contributed by atoms with Gasteiger partial charge in [-0.1, -0.05) is 29.5 Å². The standard InChI is InChI=1S/C18H12N4O3S2/c23-11-5-3-4-10(8-11)16(24)21-22-17(25)14(27-18(22)26)9-15-19-12-6-1-2-7-13(12)20-15/h1-9,23,25H,(H,21,24). The number of rotatable bonds is 3. The molecule has 4 rings (SSSR count). The summed E-state index contributed by atoms with van der Waals surface area (Å²) in [5.41, 5.74) is 2.75. The van der Waals surface area contributed by atoms with E-state index in [4.69, 9.17) is 12.2 Å². The number of para-hydroxylation sites is 2. The number of carbonyl (C=O) groups is 1. The van der Waals surface area contributed by atoms with Gasteiger partial charge in [0.05, 0.1) is 15.6 Å². The Balaban J connectivity index is 1.65. The van der Waals surface area contributed by atoms with E-state index in [-0.39, 0.29) is 21.1 Å². The summed E-state index contributed by atoms with van der Waals surface area (Å²) < 4.78 is 1.37. The van der Waals surface area contributed by atoms with Crippen LogP contribution in [0, 0.1) is 3.95 Å². The summed E-state index contributed by atoms with van der Waals surface area (Å²) in [6, 6.07) is 13.3. The van der Waals surface area contributed by atoms with Crippen LogP contribution in [0.15, 0.2) is 64.3 Å². The molecule has 134 valence electrons. The third-order valence-corrected chi connectivity index (χ3v) is 5.06. The molecule has 1 aliphatic rings. The van der Waals surface area contributed by atoms with Gasteiger partial charge < -0.3 is 10.2 Å². The fourth-order valence-electron chi connectivity index (χ4n) is 2.49. The molecule has 0 unspecified atom stereocenters. The average molecular weight is 396 g/mol. The lowest BCUT2D eigenvalue weighted by Crippen LogP contribution is -2.22. The third-order valence-electron chi connectivity index (χ3n) is 3.75. The first-order chi connectivity index (χ1) is 13.0. The van der Waals surface area contributed by atoms with E-state index in [9.17, 15) is 15.0 Å². The Kier molecular flexibility index (Phi) is 4.30. The number of hydrogen-bond acceptors (Lipinski definition) is 7. The molecule has 27 heavy (non-hydrogen) atoms. The highest BCUT2D eigenvalue weighted by Crippen LogP contribution is 2.28. The monoisotopic (exact) mass is 396 g/mol. The van der Waals surface area contributed by atoms with Crippen LogP contribution < -0.4 is 16.1 Å². The number of carbonyl (C=O) groups excluding carboxylic acids is 1. The predicted octanol–water partition coefficient (Wildman–Crippen LogP) is 2.33. The van der Waals surface area contributed by atoms with Gasteiger partial charge in [0, 0.05) is 11.6 Å². The van der Waals surface area contributed by atoms with E-state index in [1.165, 1.54) is 12.1 Å². The Labute approximate surface area is 161 Å². The van der Waals surface area contributed by atoms with Gasteiger partial charge in [-0.2, -0.15) is 4.68 Å². The molecule has 7 nitrogen and oxygen atoms in total. The average Bonchev–Trinajstić information content (AvgIpc) is 3.17. The molecule has 2 heterocycles. The molecule has 2 aromatic carbocycles. The van der Waals surface area contributed by atoms with Crippen LogP contribution in [0.1, 0.15) is 15.2 Å². The summed E-state index contributed by atoms with van der Waals surface area (Å²) in [7, 11) is 0. The van der Waals surface area contributed by atoms with Crippen LogP contribution >= 0.6 is 23.6 Å². The second-order valence-corrected chi connectivity index (χ2v) is 7.27. The molecule has 0 saturated carbocycles. The quantitative estimate of drug-likeness (QED) is 0.592. The molecular formula is C18H12N4O3S2. The van der Waals surface area contributed by atoms with Gasteiger partial charge in [0.25, 0.3) is 5.91 Å². The number of amides is 1. The van der Waals surface area contributed by atoms with E-state index in [2.05, 4.69) is 15.4 Å². The smallest absolute Gasteiger partial charge is 0.270 e. The normalized spacial score (nSPS) is 12.1. The number of benzene rings is 2. The molecule has 0 spiro atoms. The summed E-state index contributed by atoms with van der Waals surface area (Å²) in [4.78, 5) is 21.5. The van der Waals surface area contributed by atoms with Crippen molar-refractivity contribution in [3.05, 3.63) is 79.5 Å². The van der Waals surface area contributed by atoms with E-state index >= 15 is 0 Å². The molecule has 1 amide bonds. The number of aromatic hydroxyl groups is 2. The lowest BCUT2D eigenvalue weighted by molar-refractivity contribution is 0.100. The molecule has 1 aromatic heterocycles. The Morgan fingerprint density at radius 1 is 1.11 bits per heavy atom. The number of thiazole rings is 1. The maximum Gasteiger partial charge on any atom is 0.270 e. The first-order valence-corrected chi connectivity index (χ1v) is 9.03. The van der Waals surface area contributed by atoms with Crippen LogP contribution in [-0.4, -0.2) is 20.8 Å². The summed E-state index contributed by atoms with van der Waals surface area (Å²) in [5.74, 6) is -0.325. The number of phenols is 1. The number of nitrogens with zero attached hydrogens (tertiary/aromatic N) is 3. The van der Waals surface area contributed by atoms with Gasteiger partial charge >= 0.3 is 0 Å². The van der Waals surface area contributed by atoms with Crippen LogP contribution in [0.3, 0.4) is 0 Å². The van der Waals surface area contributed by atoms with Crippen LogP contribution in [0.25, 0.3) is 6.08 Å². The highest BCUT2D eigenvalue weighted by molar-refractivity contribution is 7.73. The van der Waals surface area contributed by atoms with Crippen molar-refractivity contribution < 1.29 is 15.0 Å². The zero-order valence-corrected chi connectivity index (χ0v) is 15.3. The largest absolute Gasteiger partial charge is 0.508 e. The highest BCUT2D eigenvalue weighted by Gasteiger charge is 2.15. The molecular weight excluding hydrogens is 384 g/mol. The first-order valence-electron chi connectivity index (χ1n) is 7.81. The minimum Gasteiger partial charge on any atom is -0.508 e. The minimum absolute atomic E-state index is 0.0322. The Hall–Kier alpha value is -3.30. The molecule has 0 aliphatic carbocycles. The predicted molar refractivity (Wildman–Crippen MR) is 103 cm³/mol. The van der Waals surface area contributed by atoms with Gasteiger partial charge in [0.1, 0.15) is 5.75 Å². The first kappa shape index (κ1) is 17.1. The Bertz CT molecular complexity index is 1240. The van der Waals surface area contributed by atoms with Gasteiger partial charge in [-0.15, -0.1) is 0 Å². The van der Waals surface area contributed by atoms with Gasteiger partial charge in [0.15, 0.2) is 9.78 Å². The second kappa shape index (κ2) is 6.78. The van der Waals surface area contributed by atoms with Crippen molar-refractivity contribution in [2.75, 3.05) is 5.43 Å². The maximum atomic E-state index is 12.3. The topological polar surface area (TPSA) is 99.2 Å². The number of phenolic OH excluding ortho intramolecular Hbond substituents is 1. The SMILES string of the molecule is O=C(Nn1c(O)c(C=C2N=c3ccccc3=N2)sc1=S)c1cccc(O)c1. The molecule has 0 fully saturated rings. The van der Waals surface area contributed by atoms with Crippen molar-refractivity contribution in [1.82, 2.24) is 4.68 Å². The van der Waals surface area contributed by atoms with E-state index in [0.717, 1.165) is 26.7 Å². The Morgan fingerprint density at radius 3 is 2.48 bits per heavy atom. The van der Waals surface area contributed by atoms with Crippen molar-refractivity contribution in [3.8, 4) is 11.6 Å². The lowest BCUT2D eigenvalue weighted by atomic mass is 10.2. The van der Waals surface area contributed by atoms with Crippen LogP contribution in [-0.2, 0) is 0 Å². The molecule has 0 radical (unpaired) electrons. The third kappa shape index (κ3) is 3.37. The summed E-state index contributed by atoms with van der Waals surface area (Å²) in [6.45, 7) is 0. The van der Waals surface area contributed by atoms with Crippen LogP contribution in [0.4, 0.5) is 0 Å². The molecule has 0 atom stereocenters. The van der Waals surface area contributed by atoms with Crippen molar-refractivity contribution in [2.24, 2.45) is 9.98 Å². The van der Waals surface area contributed by atoms with Gasteiger partial charge in [-0.25, -0.2) is 9.98 Å². The fourth-order valence-corrected chi connectivity index (χ4v) is 3.65. The highest BCUT2D eigenvalue weighted by atomic mass is 32.1. The van der Waals surface area contributed by atoms with Gasteiger partial charge in [-0.3, -0.25) is 10.2 Å². The van der Waals surface area contributed by atoms with Crippen molar-refractivity contribution in [3.63, 3.8) is 0 Å². The number of nitrogens with one attached hydrogen (secondary N) is 1. The number of aromatic nitrogens is 1. The van der Waals surface area contributed by atoms with E-state index in [1.54, 1.807) is 18.2 Å². The van der Waals surface area contributed by atoms with Gasteiger partial charge in [0.2, 0.25) is 5.88 Å². The van der Waals surface area contributed by atoms with Crippen molar-refractivity contribution >= 4 is 35.5 Å². The second-order valence-electron chi connectivity index (χ2n) is 5.60. The van der Waals surface area contributed by atoms with Crippen molar-refractivity contribution in [1.29, 1.82) is 0 Å². The number of hydrogen-bond donors (Lipinski definition) is 3.